The maximum Gasteiger partial charge on any atom is 0.239 e. The Kier molecular flexibility index (Phi) is 3.82. The number of hydrogen-bond donors (Lipinski definition) is 3. The number of amides is 2. The van der Waals surface area contributed by atoms with Gasteiger partial charge in [-0.2, -0.15) is 0 Å². The van der Waals surface area contributed by atoms with Crippen molar-refractivity contribution in [2.45, 2.75) is 12.3 Å². The Hall–Kier alpha value is -2.04. The first-order chi connectivity index (χ1) is 8.72. The number of benzene rings is 1. The van der Waals surface area contributed by atoms with Gasteiger partial charge in [0.25, 0.3) is 0 Å². The minimum absolute atomic E-state index is 0.0292. The summed E-state index contributed by atoms with van der Waals surface area (Å²) in [5.74, 6) is -0.453. The molecular weight excluding hydrogens is 230 g/mol. The van der Waals surface area contributed by atoms with Crippen molar-refractivity contribution in [2.24, 2.45) is 0 Å². The summed E-state index contributed by atoms with van der Waals surface area (Å²) in [7, 11) is 1.55. The molecule has 0 bridgehead atoms. The van der Waals surface area contributed by atoms with Gasteiger partial charge in [0.1, 0.15) is 0 Å². The van der Waals surface area contributed by atoms with E-state index < -0.39 is 0 Å². The van der Waals surface area contributed by atoms with Gasteiger partial charge in [-0.25, -0.2) is 0 Å². The molecule has 1 unspecified atom stereocenters. The number of para-hydroxylation sites is 1. The first-order valence-electron chi connectivity index (χ1n) is 6.03. The molecule has 2 rings (SSSR count). The summed E-state index contributed by atoms with van der Waals surface area (Å²) in [5, 5.41) is 8.41. The van der Waals surface area contributed by atoms with E-state index in [0.717, 1.165) is 24.2 Å². The van der Waals surface area contributed by atoms with Gasteiger partial charge in [-0.3, -0.25) is 9.59 Å². The number of fused-ring (bicyclic) bond motifs is 1. The molecule has 1 aromatic rings. The van der Waals surface area contributed by atoms with Crippen LogP contribution in [-0.2, 0) is 9.59 Å². The minimum Gasteiger partial charge on any atom is -0.385 e. The third-order valence-electron chi connectivity index (χ3n) is 3.10. The number of rotatable bonds is 3. The van der Waals surface area contributed by atoms with E-state index in [4.69, 9.17) is 0 Å². The van der Waals surface area contributed by atoms with Gasteiger partial charge in [-0.05, 0) is 18.1 Å². The van der Waals surface area contributed by atoms with Crippen LogP contribution in [0.3, 0.4) is 0 Å². The summed E-state index contributed by atoms with van der Waals surface area (Å²) in [6, 6.07) is 7.78. The molecule has 1 atom stereocenters. The fourth-order valence-corrected chi connectivity index (χ4v) is 2.12. The fourth-order valence-electron chi connectivity index (χ4n) is 2.12. The van der Waals surface area contributed by atoms with Crippen LogP contribution in [0, 0.1) is 0 Å². The highest BCUT2D eigenvalue weighted by Crippen LogP contribution is 2.31. The van der Waals surface area contributed by atoms with Crippen LogP contribution < -0.4 is 16.0 Å². The second kappa shape index (κ2) is 5.53. The Morgan fingerprint density at radius 3 is 2.94 bits per heavy atom. The molecule has 0 saturated heterocycles. The van der Waals surface area contributed by atoms with Gasteiger partial charge in [0.2, 0.25) is 11.8 Å². The second-order valence-electron chi connectivity index (χ2n) is 4.25. The lowest BCUT2D eigenvalue weighted by Gasteiger charge is -2.25. The molecule has 1 aromatic carbocycles. The average molecular weight is 247 g/mol. The van der Waals surface area contributed by atoms with Gasteiger partial charge in [0.15, 0.2) is 0 Å². The van der Waals surface area contributed by atoms with Crippen molar-refractivity contribution in [1.29, 1.82) is 0 Å². The largest absolute Gasteiger partial charge is 0.385 e. The first-order valence-corrected chi connectivity index (χ1v) is 6.03. The quantitative estimate of drug-likeness (QED) is 0.726. The summed E-state index contributed by atoms with van der Waals surface area (Å²) in [5.41, 5.74) is 2.00. The van der Waals surface area contributed by atoms with Crippen molar-refractivity contribution in [1.82, 2.24) is 10.6 Å². The van der Waals surface area contributed by atoms with Crippen molar-refractivity contribution >= 4 is 17.5 Å². The maximum absolute atomic E-state index is 12.1. The minimum atomic E-state index is -0.189. The highest BCUT2D eigenvalue weighted by molar-refractivity contribution is 5.89. The molecule has 0 spiro atoms. The van der Waals surface area contributed by atoms with E-state index in [1.807, 2.05) is 24.3 Å². The lowest BCUT2D eigenvalue weighted by atomic mass is 9.90. The number of carbonyl (C=O) groups is 2. The lowest BCUT2D eigenvalue weighted by Crippen LogP contribution is -2.39. The molecule has 18 heavy (non-hydrogen) atoms. The van der Waals surface area contributed by atoms with Crippen molar-refractivity contribution in [3.63, 3.8) is 0 Å². The van der Waals surface area contributed by atoms with Crippen LogP contribution in [0.15, 0.2) is 24.3 Å². The normalized spacial score (nSPS) is 17.3. The highest BCUT2D eigenvalue weighted by atomic mass is 16.2. The van der Waals surface area contributed by atoms with Crippen LogP contribution >= 0.6 is 0 Å². The van der Waals surface area contributed by atoms with Crippen molar-refractivity contribution in [2.75, 3.05) is 25.5 Å². The Morgan fingerprint density at radius 2 is 2.17 bits per heavy atom. The summed E-state index contributed by atoms with van der Waals surface area (Å²) in [6.07, 6.45) is 0.747. The van der Waals surface area contributed by atoms with Crippen LogP contribution in [0.1, 0.15) is 17.9 Å². The van der Waals surface area contributed by atoms with E-state index in [0.29, 0.717) is 0 Å². The number of nitrogens with one attached hydrogen (secondary N) is 3. The standard InChI is InChI=1S/C13H17N3O2/c1-14-12(17)8-16-13(18)10-6-7-15-11-5-3-2-4-9(10)11/h2-5,10,15H,6-8H2,1H3,(H,14,17)(H,16,18). The topological polar surface area (TPSA) is 70.2 Å². The molecule has 1 heterocycles. The molecule has 96 valence electrons. The van der Waals surface area contributed by atoms with Crippen LogP contribution in [0.4, 0.5) is 5.69 Å². The molecule has 0 fully saturated rings. The average Bonchev–Trinajstić information content (AvgIpc) is 2.43. The highest BCUT2D eigenvalue weighted by Gasteiger charge is 2.25. The second-order valence-corrected chi connectivity index (χ2v) is 4.25. The smallest absolute Gasteiger partial charge is 0.239 e. The molecule has 5 heteroatoms. The Labute approximate surface area is 106 Å². The zero-order valence-corrected chi connectivity index (χ0v) is 10.3. The predicted molar refractivity (Wildman–Crippen MR) is 69.4 cm³/mol. The number of anilines is 1. The molecule has 1 aliphatic heterocycles. The summed E-state index contributed by atoms with van der Waals surface area (Å²) < 4.78 is 0. The molecule has 1 aliphatic rings. The lowest BCUT2D eigenvalue weighted by molar-refractivity contribution is -0.126. The van der Waals surface area contributed by atoms with Crippen LogP contribution in [0.25, 0.3) is 0 Å². The van der Waals surface area contributed by atoms with E-state index in [1.54, 1.807) is 7.05 Å². The number of carbonyl (C=O) groups excluding carboxylic acids is 2. The Bertz CT molecular complexity index is 459. The van der Waals surface area contributed by atoms with Gasteiger partial charge in [-0.15, -0.1) is 0 Å². The summed E-state index contributed by atoms with van der Waals surface area (Å²) in [6.45, 7) is 0.802. The molecular formula is C13H17N3O2. The van der Waals surface area contributed by atoms with Gasteiger partial charge in [0, 0.05) is 19.3 Å². The van der Waals surface area contributed by atoms with Gasteiger partial charge >= 0.3 is 0 Å². The van der Waals surface area contributed by atoms with E-state index in [1.165, 1.54) is 0 Å². The predicted octanol–water partition coefficient (Wildman–Crippen LogP) is 0.448. The molecule has 5 nitrogen and oxygen atoms in total. The third kappa shape index (κ3) is 2.61. The van der Waals surface area contributed by atoms with Crippen LogP contribution in [0.5, 0.6) is 0 Å². The monoisotopic (exact) mass is 247 g/mol. The van der Waals surface area contributed by atoms with Crippen molar-refractivity contribution < 1.29 is 9.59 Å². The Balaban J connectivity index is 2.06. The third-order valence-corrected chi connectivity index (χ3v) is 3.10. The molecule has 3 N–H and O–H groups in total. The maximum atomic E-state index is 12.1. The van der Waals surface area contributed by atoms with Crippen molar-refractivity contribution in [3.8, 4) is 0 Å². The first kappa shape index (κ1) is 12.4. The molecule has 0 aliphatic carbocycles. The number of hydrogen-bond acceptors (Lipinski definition) is 3. The van der Waals surface area contributed by atoms with E-state index in [9.17, 15) is 9.59 Å². The molecule has 0 aromatic heterocycles. The van der Waals surface area contributed by atoms with Crippen LogP contribution in [-0.4, -0.2) is 32.0 Å². The van der Waals surface area contributed by atoms with E-state index in [-0.39, 0.29) is 24.3 Å². The Morgan fingerprint density at radius 1 is 1.39 bits per heavy atom. The van der Waals surface area contributed by atoms with Gasteiger partial charge < -0.3 is 16.0 Å². The zero-order valence-electron chi connectivity index (χ0n) is 10.3. The van der Waals surface area contributed by atoms with E-state index in [2.05, 4.69) is 16.0 Å². The summed E-state index contributed by atoms with van der Waals surface area (Å²) >= 11 is 0. The molecule has 2 amide bonds. The summed E-state index contributed by atoms with van der Waals surface area (Å²) in [4.78, 5) is 23.2. The fraction of sp³-hybridized carbons (Fsp3) is 0.385. The van der Waals surface area contributed by atoms with E-state index >= 15 is 0 Å². The zero-order chi connectivity index (χ0) is 13.0. The van der Waals surface area contributed by atoms with Crippen LogP contribution in [0.2, 0.25) is 0 Å². The number of likely N-dealkylation sites (N-methyl/N-ethyl adjacent to an activating group) is 1. The van der Waals surface area contributed by atoms with Crippen molar-refractivity contribution in [3.05, 3.63) is 29.8 Å². The van der Waals surface area contributed by atoms with Gasteiger partial charge in [-0.1, -0.05) is 18.2 Å². The van der Waals surface area contributed by atoms with Gasteiger partial charge in [0.05, 0.1) is 12.5 Å². The molecule has 0 saturated carbocycles. The molecule has 0 radical (unpaired) electrons. The SMILES string of the molecule is CNC(=O)CNC(=O)C1CCNc2ccccc21.